The number of carbonyl (C=O) groups excluding carboxylic acids is 2. The molecular weight excluding hydrogens is 370 g/mol. The van der Waals surface area contributed by atoms with E-state index < -0.39 is 0 Å². The molecule has 3 aromatic rings. The van der Waals surface area contributed by atoms with Gasteiger partial charge in [0, 0.05) is 24.6 Å². The van der Waals surface area contributed by atoms with Crippen molar-refractivity contribution in [1.29, 1.82) is 0 Å². The lowest BCUT2D eigenvalue weighted by atomic mass is 9.95. The fourth-order valence-corrected chi connectivity index (χ4v) is 4.62. The fourth-order valence-electron chi connectivity index (χ4n) is 3.68. The first-order valence-corrected chi connectivity index (χ1v) is 10.4. The van der Waals surface area contributed by atoms with Crippen molar-refractivity contribution in [3.63, 3.8) is 0 Å². The molecule has 2 aromatic carbocycles. The van der Waals surface area contributed by atoms with Crippen LogP contribution in [0.3, 0.4) is 0 Å². The van der Waals surface area contributed by atoms with Gasteiger partial charge in [-0.05, 0) is 49.9 Å². The zero-order valence-corrected chi connectivity index (χ0v) is 16.9. The van der Waals surface area contributed by atoms with Crippen LogP contribution in [-0.4, -0.2) is 34.8 Å². The van der Waals surface area contributed by atoms with Gasteiger partial charge in [0.2, 0.25) is 5.91 Å². The van der Waals surface area contributed by atoms with Crippen molar-refractivity contribution in [3.05, 3.63) is 59.2 Å². The Morgan fingerprint density at radius 3 is 2.46 bits per heavy atom. The van der Waals surface area contributed by atoms with Gasteiger partial charge in [-0.15, -0.1) is 0 Å². The lowest BCUT2D eigenvalue weighted by molar-refractivity contribution is -0.121. The average Bonchev–Trinajstić information content (AvgIpc) is 3.12. The topological polar surface area (TPSA) is 62.3 Å². The van der Waals surface area contributed by atoms with Crippen LogP contribution in [0.4, 0.5) is 5.13 Å². The summed E-state index contributed by atoms with van der Waals surface area (Å²) in [4.78, 5) is 31.8. The summed E-state index contributed by atoms with van der Waals surface area (Å²) in [5, 5.41) is 3.62. The van der Waals surface area contributed by atoms with Gasteiger partial charge in [-0.1, -0.05) is 41.7 Å². The van der Waals surface area contributed by atoms with Gasteiger partial charge >= 0.3 is 0 Å². The largest absolute Gasteiger partial charge is 0.339 e. The number of benzene rings is 2. The van der Waals surface area contributed by atoms with Gasteiger partial charge < -0.3 is 10.2 Å². The molecule has 1 saturated heterocycles. The third-order valence-electron chi connectivity index (χ3n) is 5.38. The van der Waals surface area contributed by atoms with E-state index in [0.29, 0.717) is 31.1 Å². The molecular formula is C22H23N3O2S. The predicted molar refractivity (Wildman–Crippen MR) is 113 cm³/mol. The molecule has 2 heterocycles. The molecule has 0 radical (unpaired) electrons. The molecule has 1 N–H and O–H groups in total. The second-order valence-corrected chi connectivity index (χ2v) is 8.34. The highest BCUT2D eigenvalue weighted by atomic mass is 32.1. The lowest BCUT2D eigenvalue weighted by Gasteiger charge is -2.31. The molecule has 4 rings (SSSR count). The van der Waals surface area contributed by atoms with E-state index in [4.69, 9.17) is 0 Å². The Bertz CT molecular complexity index is 1040. The number of rotatable bonds is 3. The number of hydrogen-bond acceptors (Lipinski definition) is 4. The first kappa shape index (κ1) is 18.6. The van der Waals surface area contributed by atoms with Gasteiger partial charge in [0.15, 0.2) is 5.13 Å². The molecule has 0 atom stereocenters. The van der Waals surface area contributed by atoms with Gasteiger partial charge in [-0.2, -0.15) is 0 Å². The van der Waals surface area contributed by atoms with Crippen molar-refractivity contribution in [2.24, 2.45) is 5.92 Å². The summed E-state index contributed by atoms with van der Waals surface area (Å²) < 4.78 is 1.08. The number of piperidine rings is 1. The van der Waals surface area contributed by atoms with E-state index in [9.17, 15) is 9.59 Å². The zero-order chi connectivity index (χ0) is 19.7. The molecule has 1 aliphatic heterocycles. The highest BCUT2D eigenvalue weighted by Crippen LogP contribution is 2.29. The number of carbonyl (C=O) groups is 2. The SMILES string of the molecule is Cc1ccccc1C(=O)N1CCC(C(=O)Nc2nc3c(C)cccc3s2)CC1. The minimum absolute atomic E-state index is 0.000278. The number of amides is 2. The highest BCUT2D eigenvalue weighted by Gasteiger charge is 2.28. The van der Waals surface area contributed by atoms with E-state index in [1.54, 1.807) is 0 Å². The van der Waals surface area contributed by atoms with Crippen molar-refractivity contribution in [2.75, 3.05) is 18.4 Å². The maximum atomic E-state index is 12.7. The monoisotopic (exact) mass is 393 g/mol. The zero-order valence-electron chi connectivity index (χ0n) is 16.1. The number of hydrogen-bond donors (Lipinski definition) is 1. The Kier molecular flexibility index (Phi) is 5.13. The minimum atomic E-state index is -0.0889. The third-order valence-corrected chi connectivity index (χ3v) is 6.32. The van der Waals surface area contributed by atoms with Crippen LogP contribution >= 0.6 is 11.3 Å². The Morgan fingerprint density at radius 1 is 1.04 bits per heavy atom. The summed E-state index contributed by atoms with van der Waals surface area (Å²) in [6, 6.07) is 13.7. The first-order valence-electron chi connectivity index (χ1n) is 9.55. The van der Waals surface area contributed by atoms with Crippen molar-refractivity contribution in [1.82, 2.24) is 9.88 Å². The number of thiazole rings is 1. The van der Waals surface area contributed by atoms with Crippen LogP contribution in [0.5, 0.6) is 0 Å². The van der Waals surface area contributed by atoms with Crippen molar-refractivity contribution < 1.29 is 9.59 Å². The Balaban J connectivity index is 1.38. The van der Waals surface area contributed by atoms with Gasteiger partial charge in [0.05, 0.1) is 10.2 Å². The standard InChI is InChI=1S/C22H23N3O2S/c1-14-6-3-4-8-17(14)21(27)25-12-10-16(11-13-25)20(26)24-22-23-19-15(2)7-5-9-18(19)28-22/h3-9,16H,10-13H2,1-2H3,(H,23,24,26). The molecule has 144 valence electrons. The van der Waals surface area contributed by atoms with Crippen LogP contribution in [0.15, 0.2) is 42.5 Å². The molecule has 0 aliphatic carbocycles. The molecule has 0 spiro atoms. The Hall–Kier alpha value is -2.73. The maximum Gasteiger partial charge on any atom is 0.254 e. The number of likely N-dealkylation sites (tertiary alicyclic amines) is 1. The first-order chi connectivity index (χ1) is 13.5. The van der Waals surface area contributed by atoms with Gasteiger partial charge in [0.25, 0.3) is 5.91 Å². The number of aromatic nitrogens is 1. The van der Waals surface area contributed by atoms with E-state index >= 15 is 0 Å². The number of anilines is 1. The highest BCUT2D eigenvalue weighted by molar-refractivity contribution is 7.22. The second-order valence-electron chi connectivity index (χ2n) is 7.31. The lowest BCUT2D eigenvalue weighted by Crippen LogP contribution is -2.41. The van der Waals surface area contributed by atoms with Crippen LogP contribution in [-0.2, 0) is 4.79 Å². The Morgan fingerprint density at radius 2 is 1.75 bits per heavy atom. The molecule has 6 heteroatoms. The number of nitrogens with zero attached hydrogens (tertiary/aromatic N) is 2. The van der Waals surface area contributed by atoms with E-state index in [1.807, 2.05) is 61.2 Å². The van der Waals surface area contributed by atoms with Crippen LogP contribution in [0.25, 0.3) is 10.2 Å². The minimum Gasteiger partial charge on any atom is -0.339 e. The average molecular weight is 394 g/mol. The van der Waals surface area contributed by atoms with E-state index in [-0.39, 0.29) is 17.7 Å². The summed E-state index contributed by atoms with van der Waals surface area (Å²) in [6.07, 6.45) is 1.35. The van der Waals surface area contributed by atoms with Crippen molar-refractivity contribution in [2.45, 2.75) is 26.7 Å². The smallest absolute Gasteiger partial charge is 0.254 e. The normalized spacial score (nSPS) is 15.0. The molecule has 0 bridgehead atoms. The van der Waals surface area contributed by atoms with Crippen molar-refractivity contribution >= 4 is 38.5 Å². The van der Waals surface area contributed by atoms with Crippen LogP contribution in [0.2, 0.25) is 0 Å². The third kappa shape index (κ3) is 3.64. The summed E-state index contributed by atoms with van der Waals surface area (Å²) in [5.74, 6) is -0.0349. The summed E-state index contributed by atoms with van der Waals surface area (Å²) in [6.45, 7) is 5.18. The quantitative estimate of drug-likeness (QED) is 0.717. The van der Waals surface area contributed by atoms with Gasteiger partial charge in [-0.3, -0.25) is 9.59 Å². The van der Waals surface area contributed by atoms with Crippen LogP contribution in [0, 0.1) is 19.8 Å². The number of aryl methyl sites for hydroxylation is 2. The predicted octanol–water partition coefficient (Wildman–Crippen LogP) is 4.40. The maximum absolute atomic E-state index is 12.7. The van der Waals surface area contributed by atoms with E-state index in [1.165, 1.54) is 11.3 Å². The summed E-state index contributed by atoms with van der Waals surface area (Å²) in [5.41, 5.74) is 3.78. The van der Waals surface area contributed by atoms with Gasteiger partial charge in [0.1, 0.15) is 0 Å². The molecule has 0 unspecified atom stereocenters. The summed E-state index contributed by atoms with van der Waals surface area (Å²) in [7, 11) is 0. The Labute approximate surface area is 168 Å². The summed E-state index contributed by atoms with van der Waals surface area (Å²) >= 11 is 1.50. The molecule has 1 fully saturated rings. The molecule has 1 aliphatic rings. The van der Waals surface area contributed by atoms with Crippen LogP contribution in [0.1, 0.15) is 34.3 Å². The van der Waals surface area contributed by atoms with Crippen molar-refractivity contribution in [3.8, 4) is 0 Å². The van der Waals surface area contributed by atoms with Gasteiger partial charge in [-0.25, -0.2) is 4.98 Å². The molecule has 0 saturated carbocycles. The molecule has 5 nitrogen and oxygen atoms in total. The molecule has 28 heavy (non-hydrogen) atoms. The number of fused-ring (bicyclic) bond motifs is 1. The molecule has 1 aromatic heterocycles. The fraction of sp³-hybridized carbons (Fsp3) is 0.318. The van der Waals surface area contributed by atoms with E-state index in [2.05, 4.69) is 10.3 Å². The van der Waals surface area contributed by atoms with Crippen LogP contribution < -0.4 is 5.32 Å². The van der Waals surface area contributed by atoms with E-state index in [0.717, 1.165) is 26.9 Å². The molecule has 2 amide bonds. The number of nitrogens with one attached hydrogen (secondary N) is 1. The number of para-hydroxylation sites is 1. The second kappa shape index (κ2) is 7.72.